The Morgan fingerprint density at radius 1 is 1.25 bits per heavy atom. The van der Waals surface area contributed by atoms with Gasteiger partial charge in [0.25, 0.3) is 5.91 Å². The minimum atomic E-state index is -0.373. The lowest BCUT2D eigenvalue weighted by molar-refractivity contribution is -0.126. The summed E-state index contributed by atoms with van der Waals surface area (Å²) in [6.07, 6.45) is 5.27. The van der Waals surface area contributed by atoms with Crippen molar-refractivity contribution in [3.8, 4) is 11.9 Å². The number of hydrogen-bond donors (Lipinski definition) is 2. The topological polar surface area (TPSA) is 128 Å². The van der Waals surface area contributed by atoms with Gasteiger partial charge in [-0.05, 0) is 63.8 Å². The predicted octanol–water partition coefficient (Wildman–Crippen LogP) is 3.01. The number of aliphatic imine (C=N–C) groups is 1. The molecule has 2 N–H and O–H groups in total. The maximum Gasteiger partial charge on any atom is 0.278 e. The quantitative estimate of drug-likeness (QED) is 0.612. The number of anilines is 1. The van der Waals surface area contributed by atoms with Gasteiger partial charge in [0.2, 0.25) is 11.8 Å². The first-order chi connectivity index (χ1) is 17.4. The summed E-state index contributed by atoms with van der Waals surface area (Å²) in [6.45, 7) is 3.95. The van der Waals surface area contributed by atoms with E-state index in [1.165, 1.54) is 0 Å². The van der Waals surface area contributed by atoms with E-state index in [1.807, 2.05) is 19.9 Å². The van der Waals surface area contributed by atoms with Gasteiger partial charge in [-0.15, -0.1) is 0 Å². The number of carbonyl (C=O) groups is 2. The van der Waals surface area contributed by atoms with Gasteiger partial charge in [-0.1, -0.05) is 0 Å². The Labute approximate surface area is 210 Å². The largest absolute Gasteiger partial charge is 0.475 e. The van der Waals surface area contributed by atoms with Crippen molar-refractivity contribution in [2.24, 2.45) is 10.9 Å². The summed E-state index contributed by atoms with van der Waals surface area (Å²) in [5.74, 6) is 0.737. The minimum Gasteiger partial charge on any atom is -0.475 e. The number of rotatable bonds is 7. The Kier molecular flexibility index (Phi) is 7.96. The third-order valence-electron chi connectivity index (χ3n) is 6.52. The van der Waals surface area contributed by atoms with E-state index in [1.54, 1.807) is 30.5 Å². The van der Waals surface area contributed by atoms with E-state index in [0.29, 0.717) is 29.3 Å². The predicted molar refractivity (Wildman–Crippen MR) is 135 cm³/mol. The number of nitrogens with one attached hydrogen (secondary N) is 1. The van der Waals surface area contributed by atoms with Gasteiger partial charge in [0.05, 0.1) is 23.9 Å². The van der Waals surface area contributed by atoms with Gasteiger partial charge < -0.3 is 20.1 Å². The van der Waals surface area contributed by atoms with Crippen molar-refractivity contribution < 1.29 is 19.4 Å². The number of aliphatic hydroxyl groups is 1. The molecular weight excluding hydrogens is 458 g/mol. The highest BCUT2D eigenvalue weighted by Gasteiger charge is 2.36. The summed E-state index contributed by atoms with van der Waals surface area (Å²) in [7, 11) is 0. The molecule has 1 aromatic carbocycles. The molecule has 0 unspecified atom stereocenters. The van der Waals surface area contributed by atoms with E-state index in [-0.39, 0.29) is 43.0 Å². The first-order valence-corrected chi connectivity index (χ1v) is 12.3. The molecule has 0 radical (unpaired) electrons. The number of fused-ring (bicyclic) bond motifs is 1. The fourth-order valence-corrected chi connectivity index (χ4v) is 4.81. The number of aliphatic hydroxyl groups excluding tert-OH is 1. The number of amides is 2. The summed E-state index contributed by atoms with van der Waals surface area (Å²) >= 11 is 0. The van der Waals surface area contributed by atoms with Gasteiger partial charge in [-0.3, -0.25) is 9.59 Å². The standard InChI is InChI=1S/C27H31N5O4/c1-17(2)30-26(34)20-7-9-22(10-8-20)32-23-14-25(36-12-11-33)29-16-21(23)13-24(32)31-27(35)19-5-3-18(15-28)4-6-19/h3-6,14,16-17,20,22,33H,7-13H2,1-2H3,(H,30,34). The van der Waals surface area contributed by atoms with Crippen LogP contribution in [-0.2, 0) is 11.2 Å². The highest BCUT2D eigenvalue weighted by atomic mass is 16.5. The minimum absolute atomic E-state index is 0.0210. The Morgan fingerprint density at radius 3 is 2.61 bits per heavy atom. The molecule has 2 amide bonds. The van der Waals surface area contributed by atoms with Crippen molar-refractivity contribution in [2.75, 3.05) is 18.1 Å². The molecule has 4 rings (SSSR count). The molecule has 1 fully saturated rings. The van der Waals surface area contributed by atoms with Crippen LogP contribution in [0, 0.1) is 17.2 Å². The second-order valence-electron chi connectivity index (χ2n) is 9.46. The number of amidine groups is 1. The van der Waals surface area contributed by atoms with Gasteiger partial charge in [-0.2, -0.15) is 10.3 Å². The number of carbonyl (C=O) groups excluding carboxylic acids is 2. The molecule has 0 saturated heterocycles. The maximum atomic E-state index is 13.0. The van der Waals surface area contributed by atoms with Crippen molar-refractivity contribution in [1.29, 1.82) is 5.26 Å². The molecule has 0 atom stereocenters. The van der Waals surface area contributed by atoms with E-state index in [4.69, 9.17) is 15.1 Å². The summed E-state index contributed by atoms with van der Waals surface area (Å²) < 4.78 is 5.54. The number of benzene rings is 1. The highest BCUT2D eigenvalue weighted by Crippen LogP contribution is 2.38. The lowest BCUT2D eigenvalue weighted by Crippen LogP contribution is -2.44. The third-order valence-corrected chi connectivity index (χ3v) is 6.52. The summed E-state index contributed by atoms with van der Waals surface area (Å²) in [6, 6.07) is 10.5. The summed E-state index contributed by atoms with van der Waals surface area (Å²) in [4.78, 5) is 36.5. The Morgan fingerprint density at radius 2 is 1.97 bits per heavy atom. The van der Waals surface area contributed by atoms with E-state index in [9.17, 15) is 9.59 Å². The number of hydrogen-bond acceptors (Lipinski definition) is 6. The van der Waals surface area contributed by atoms with Crippen LogP contribution in [0.3, 0.4) is 0 Å². The molecule has 2 aromatic rings. The molecule has 1 saturated carbocycles. The molecule has 0 spiro atoms. The van der Waals surface area contributed by atoms with Crippen LogP contribution in [0.2, 0.25) is 0 Å². The van der Waals surface area contributed by atoms with Gasteiger partial charge in [-0.25, -0.2) is 4.98 Å². The summed E-state index contributed by atoms with van der Waals surface area (Å²) in [5, 5.41) is 21.2. The van der Waals surface area contributed by atoms with E-state index in [0.717, 1.165) is 36.9 Å². The van der Waals surface area contributed by atoms with E-state index >= 15 is 0 Å². The Hall–Kier alpha value is -3.77. The molecule has 1 aliphatic carbocycles. The number of nitriles is 1. The Balaban J connectivity index is 1.60. The molecule has 188 valence electrons. The van der Waals surface area contributed by atoms with Crippen LogP contribution >= 0.6 is 0 Å². The van der Waals surface area contributed by atoms with Crippen molar-refractivity contribution >= 4 is 23.3 Å². The maximum absolute atomic E-state index is 13.0. The fourth-order valence-electron chi connectivity index (χ4n) is 4.81. The van der Waals surface area contributed by atoms with Crippen molar-refractivity contribution in [3.63, 3.8) is 0 Å². The molecule has 9 heteroatoms. The second-order valence-corrected chi connectivity index (χ2v) is 9.46. The van der Waals surface area contributed by atoms with Crippen LogP contribution in [0.1, 0.15) is 61.0 Å². The number of aromatic nitrogens is 1. The highest BCUT2D eigenvalue weighted by molar-refractivity contribution is 6.12. The monoisotopic (exact) mass is 489 g/mol. The first kappa shape index (κ1) is 25.3. The van der Waals surface area contributed by atoms with Crippen LogP contribution in [0.4, 0.5) is 5.69 Å². The van der Waals surface area contributed by atoms with Crippen LogP contribution < -0.4 is 15.0 Å². The number of ether oxygens (including phenoxy) is 1. The molecular formula is C27H31N5O4. The van der Waals surface area contributed by atoms with Gasteiger partial charge >= 0.3 is 0 Å². The van der Waals surface area contributed by atoms with Crippen molar-refractivity contribution in [1.82, 2.24) is 10.3 Å². The number of nitrogens with zero attached hydrogens (tertiary/aromatic N) is 4. The third kappa shape index (κ3) is 5.71. The zero-order valence-electron chi connectivity index (χ0n) is 20.6. The van der Waals surface area contributed by atoms with E-state index < -0.39 is 0 Å². The zero-order chi connectivity index (χ0) is 25.7. The lowest BCUT2D eigenvalue weighted by atomic mass is 9.84. The smallest absolute Gasteiger partial charge is 0.278 e. The second kappa shape index (κ2) is 11.3. The van der Waals surface area contributed by atoms with Crippen molar-refractivity contribution in [2.45, 2.75) is 58.0 Å². The van der Waals surface area contributed by atoms with Gasteiger partial charge in [0.1, 0.15) is 12.4 Å². The number of pyridine rings is 1. The normalized spacial score (nSPS) is 20.2. The lowest BCUT2D eigenvalue weighted by Gasteiger charge is -2.36. The fraction of sp³-hybridized carbons (Fsp3) is 0.444. The van der Waals surface area contributed by atoms with Crippen LogP contribution in [0.5, 0.6) is 5.88 Å². The molecule has 9 nitrogen and oxygen atoms in total. The molecule has 0 bridgehead atoms. The first-order valence-electron chi connectivity index (χ1n) is 12.3. The molecule has 2 aliphatic rings. The van der Waals surface area contributed by atoms with Gasteiger partial charge in [0.15, 0.2) is 0 Å². The average Bonchev–Trinajstić information content (AvgIpc) is 3.24. The van der Waals surface area contributed by atoms with Crippen molar-refractivity contribution in [3.05, 3.63) is 53.2 Å². The van der Waals surface area contributed by atoms with Gasteiger partial charge in [0, 0.05) is 47.8 Å². The SMILES string of the molecule is CC(C)NC(=O)C1CCC(N2C(=NC(=O)c3ccc(C#N)cc3)Cc3cnc(OCCO)cc32)CC1. The summed E-state index contributed by atoms with van der Waals surface area (Å²) in [5.41, 5.74) is 2.72. The molecule has 1 aliphatic heterocycles. The van der Waals surface area contributed by atoms with E-state index in [2.05, 4.69) is 26.3 Å². The average molecular weight is 490 g/mol. The van der Waals surface area contributed by atoms with Crippen LogP contribution in [0.25, 0.3) is 0 Å². The zero-order valence-corrected chi connectivity index (χ0v) is 20.6. The Bertz CT molecular complexity index is 1180. The molecule has 36 heavy (non-hydrogen) atoms. The van der Waals surface area contributed by atoms with Crippen LogP contribution in [-0.4, -0.2) is 53.0 Å². The molecule has 2 heterocycles. The molecule has 1 aromatic heterocycles. The van der Waals surface area contributed by atoms with Crippen LogP contribution in [0.15, 0.2) is 41.5 Å².